The van der Waals surface area contributed by atoms with E-state index in [1.165, 1.54) is 32.4 Å². The lowest BCUT2D eigenvalue weighted by molar-refractivity contribution is 0.232. The van der Waals surface area contributed by atoms with E-state index in [0.717, 1.165) is 46.3 Å². The zero-order valence-electron chi connectivity index (χ0n) is 14.0. The second kappa shape index (κ2) is 7.45. The van der Waals surface area contributed by atoms with Crippen LogP contribution in [0.1, 0.15) is 24.8 Å². The number of likely N-dealkylation sites (tertiary alicyclic amines) is 1. The number of hydrogen-bond acceptors (Lipinski definition) is 6. The smallest absolute Gasteiger partial charge is 0.323 e. The maximum absolute atomic E-state index is 11.4. The van der Waals surface area contributed by atoms with Crippen LogP contribution in [0.4, 0.5) is 0 Å². The molecule has 4 rings (SSSR count). The van der Waals surface area contributed by atoms with E-state index >= 15 is 0 Å². The van der Waals surface area contributed by atoms with Crippen LogP contribution < -0.4 is 11.0 Å². The summed E-state index contributed by atoms with van der Waals surface area (Å²) in [6.45, 7) is 4.40. The van der Waals surface area contributed by atoms with Crippen LogP contribution in [0.15, 0.2) is 33.2 Å². The van der Waals surface area contributed by atoms with Crippen molar-refractivity contribution in [3.63, 3.8) is 0 Å². The van der Waals surface area contributed by atoms with Gasteiger partial charge in [-0.3, -0.25) is 0 Å². The molecule has 1 fully saturated rings. The fraction of sp³-hybridized carbons (Fsp3) is 0.471. The predicted molar refractivity (Wildman–Crippen MR) is 104 cm³/mol. The van der Waals surface area contributed by atoms with Gasteiger partial charge in [0, 0.05) is 24.4 Å². The number of hydrogen-bond donors (Lipinski definition) is 3. The van der Waals surface area contributed by atoms with Gasteiger partial charge in [-0.05, 0) is 38.1 Å². The number of nitrogens with zero attached hydrogens (tertiary/aromatic N) is 3. The van der Waals surface area contributed by atoms with Gasteiger partial charge in [0.1, 0.15) is 0 Å². The van der Waals surface area contributed by atoms with Crippen molar-refractivity contribution in [1.82, 2.24) is 20.2 Å². The summed E-state index contributed by atoms with van der Waals surface area (Å²) < 4.78 is 0. The highest BCUT2D eigenvalue weighted by Gasteiger charge is 2.14. The van der Waals surface area contributed by atoms with Gasteiger partial charge >= 0.3 is 5.69 Å². The quantitative estimate of drug-likeness (QED) is 0.777. The van der Waals surface area contributed by atoms with Crippen molar-refractivity contribution in [3.05, 3.63) is 34.2 Å². The highest BCUT2D eigenvalue weighted by Crippen LogP contribution is 2.17. The van der Waals surface area contributed by atoms with E-state index in [9.17, 15) is 4.79 Å². The van der Waals surface area contributed by atoms with Gasteiger partial charge in [0.15, 0.2) is 5.17 Å². The van der Waals surface area contributed by atoms with Gasteiger partial charge in [-0.2, -0.15) is 5.10 Å². The zero-order valence-corrected chi connectivity index (χ0v) is 14.9. The maximum Gasteiger partial charge on any atom is 0.323 e. The molecule has 0 unspecified atom stereocenters. The third-order valence-corrected chi connectivity index (χ3v) is 5.53. The Kier molecular flexibility index (Phi) is 4.89. The van der Waals surface area contributed by atoms with Gasteiger partial charge in [0.05, 0.1) is 16.7 Å². The largest absolute Gasteiger partial charge is 0.362 e. The lowest BCUT2D eigenvalue weighted by Crippen LogP contribution is -2.37. The van der Waals surface area contributed by atoms with Crippen molar-refractivity contribution in [1.29, 1.82) is 0 Å². The van der Waals surface area contributed by atoms with Crippen LogP contribution in [-0.4, -0.2) is 57.7 Å². The number of nitrogens with one attached hydrogen (secondary N) is 3. The predicted octanol–water partition coefficient (Wildman–Crippen LogP) is 1.74. The standard InChI is InChI=1S/C17H22N6OS/c24-16-19-13-5-4-12(10-14(13)20-16)15-11-25-17(22-21-15)18-6-9-23-7-2-1-3-8-23/h4-5,10H,1-3,6-9,11H2,(H,18,22)(H2,19,20,24). The lowest BCUT2D eigenvalue weighted by Gasteiger charge is -2.26. The van der Waals surface area contributed by atoms with Crippen molar-refractivity contribution < 1.29 is 0 Å². The molecule has 3 heterocycles. The van der Waals surface area contributed by atoms with Crippen LogP contribution in [0.5, 0.6) is 0 Å². The Labute approximate surface area is 150 Å². The van der Waals surface area contributed by atoms with Gasteiger partial charge < -0.3 is 20.2 Å². The van der Waals surface area contributed by atoms with E-state index in [-0.39, 0.29) is 5.69 Å². The number of aromatic nitrogens is 2. The molecule has 8 heteroatoms. The number of piperidine rings is 1. The first-order valence-corrected chi connectivity index (χ1v) is 9.72. The number of H-pyrrole nitrogens is 2. The van der Waals surface area contributed by atoms with E-state index in [1.54, 1.807) is 11.8 Å². The molecule has 0 amide bonds. The molecular weight excluding hydrogens is 336 g/mol. The number of thioether (sulfide) groups is 1. The Morgan fingerprint density at radius 1 is 1.12 bits per heavy atom. The number of imidazole rings is 1. The SMILES string of the molecule is O=c1[nH]c2ccc(C3=NN=C(NCCN4CCCCC4)SC3)cc2[nH]1. The van der Waals surface area contributed by atoms with E-state index in [4.69, 9.17) is 0 Å². The van der Waals surface area contributed by atoms with Crippen LogP contribution >= 0.6 is 11.8 Å². The summed E-state index contributed by atoms with van der Waals surface area (Å²) in [7, 11) is 0. The van der Waals surface area contributed by atoms with Crippen LogP contribution in [-0.2, 0) is 0 Å². The molecule has 1 aromatic carbocycles. The van der Waals surface area contributed by atoms with Crippen molar-refractivity contribution >= 4 is 33.7 Å². The second-order valence-corrected chi connectivity index (χ2v) is 7.37. The first kappa shape index (κ1) is 16.4. The summed E-state index contributed by atoms with van der Waals surface area (Å²) in [5, 5.41) is 13.0. The van der Waals surface area contributed by atoms with Gasteiger partial charge in [-0.1, -0.05) is 24.2 Å². The first-order valence-electron chi connectivity index (χ1n) is 8.74. The molecule has 0 radical (unpaired) electrons. The number of aromatic amines is 2. The monoisotopic (exact) mass is 358 g/mol. The minimum absolute atomic E-state index is 0.190. The van der Waals surface area contributed by atoms with Gasteiger partial charge in [0.25, 0.3) is 0 Å². The molecule has 1 saturated heterocycles. The van der Waals surface area contributed by atoms with Gasteiger partial charge in [-0.25, -0.2) is 4.79 Å². The number of fused-ring (bicyclic) bond motifs is 1. The van der Waals surface area contributed by atoms with Crippen molar-refractivity contribution in [2.45, 2.75) is 19.3 Å². The normalized spacial score (nSPS) is 18.9. The molecule has 3 N–H and O–H groups in total. The molecular formula is C17H22N6OS. The molecule has 0 bridgehead atoms. The number of benzene rings is 1. The fourth-order valence-electron chi connectivity index (χ4n) is 3.24. The number of amidine groups is 1. The fourth-order valence-corrected chi connectivity index (χ4v) is 4.04. The summed E-state index contributed by atoms with van der Waals surface area (Å²) >= 11 is 1.67. The van der Waals surface area contributed by atoms with E-state index < -0.39 is 0 Å². The average Bonchev–Trinajstić information content (AvgIpc) is 3.02. The molecule has 2 aliphatic rings. The van der Waals surface area contributed by atoms with Crippen LogP contribution in [0, 0.1) is 0 Å². The first-order chi connectivity index (χ1) is 12.3. The molecule has 25 heavy (non-hydrogen) atoms. The van der Waals surface area contributed by atoms with Crippen LogP contribution in [0.3, 0.4) is 0 Å². The Balaban J connectivity index is 1.36. The maximum atomic E-state index is 11.4. The van der Waals surface area contributed by atoms with E-state index in [2.05, 4.69) is 30.4 Å². The summed E-state index contributed by atoms with van der Waals surface area (Å²) in [4.78, 5) is 19.4. The van der Waals surface area contributed by atoms with Gasteiger partial charge in [-0.15, -0.1) is 5.10 Å². The molecule has 132 valence electrons. The second-order valence-electron chi connectivity index (χ2n) is 6.41. The summed E-state index contributed by atoms with van der Waals surface area (Å²) in [6, 6.07) is 5.80. The Bertz CT molecular complexity index is 861. The summed E-state index contributed by atoms with van der Waals surface area (Å²) in [6.07, 6.45) is 4.01. The third kappa shape index (κ3) is 3.96. The summed E-state index contributed by atoms with van der Waals surface area (Å²) in [5.41, 5.74) is 3.33. The van der Waals surface area contributed by atoms with Crippen molar-refractivity contribution in [3.8, 4) is 0 Å². The topological polar surface area (TPSA) is 88.6 Å². The third-order valence-electron chi connectivity index (χ3n) is 4.61. The average molecular weight is 358 g/mol. The summed E-state index contributed by atoms with van der Waals surface area (Å²) in [5.74, 6) is 0.774. The van der Waals surface area contributed by atoms with Crippen LogP contribution in [0.2, 0.25) is 0 Å². The molecule has 1 aromatic heterocycles. The minimum Gasteiger partial charge on any atom is -0.362 e. The molecule has 0 saturated carbocycles. The van der Waals surface area contributed by atoms with E-state index in [0.29, 0.717) is 0 Å². The van der Waals surface area contributed by atoms with E-state index in [1.807, 2.05) is 18.2 Å². The van der Waals surface area contributed by atoms with Crippen LogP contribution in [0.25, 0.3) is 11.0 Å². The highest BCUT2D eigenvalue weighted by atomic mass is 32.2. The Hall–Kier alpha value is -2.06. The van der Waals surface area contributed by atoms with Crippen molar-refractivity contribution in [2.24, 2.45) is 10.2 Å². The minimum atomic E-state index is -0.190. The number of rotatable bonds is 4. The molecule has 0 spiro atoms. The molecule has 0 aliphatic carbocycles. The zero-order chi connectivity index (χ0) is 17.1. The molecule has 0 atom stereocenters. The molecule has 7 nitrogen and oxygen atoms in total. The Morgan fingerprint density at radius 2 is 1.96 bits per heavy atom. The van der Waals surface area contributed by atoms with Gasteiger partial charge in [0.2, 0.25) is 0 Å². The lowest BCUT2D eigenvalue weighted by atomic mass is 10.1. The molecule has 2 aromatic rings. The highest BCUT2D eigenvalue weighted by molar-refractivity contribution is 8.14. The van der Waals surface area contributed by atoms with Crippen molar-refractivity contribution in [2.75, 3.05) is 31.9 Å². The molecule has 2 aliphatic heterocycles. The Morgan fingerprint density at radius 3 is 2.76 bits per heavy atom.